The molecule has 2 aromatic carbocycles. The van der Waals surface area contributed by atoms with Crippen molar-refractivity contribution in [1.82, 2.24) is 0 Å². The molecule has 17 heteroatoms. The van der Waals surface area contributed by atoms with Crippen LogP contribution >= 0.6 is 0 Å². The minimum atomic E-state index is -4.97. The standard InChI is InChI=1S/C24H21F7N2O7S/c1-22(2,24(29,30)31)40-21(36)32-14-10-17(25)20-18(11-14)33(12-15(39-20)6-4-8-19(34)35)41(37,38)16-7-3-5-13(9-16)23(26,27)28/h3-7,9-11,15H,8,12H2,1-2H3,(H,32,36)(H,34,35)/b6-4+. The first-order valence-corrected chi connectivity index (χ1v) is 12.8. The predicted octanol–water partition coefficient (Wildman–Crippen LogP) is 5.72. The van der Waals surface area contributed by atoms with Gasteiger partial charge in [0.15, 0.2) is 11.6 Å². The highest BCUT2D eigenvalue weighted by molar-refractivity contribution is 7.92. The lowest BCUT2D eigenvalue weighted by atomic mass is 10.1. The summed E-state index contributed by atoms with van der Waals surface area (Å²) in [5, 5.41) is 10.7. The van der Waals surface area contributed by atoms with Crippen LogP contribution in [-0.2, 0) is 25.7 Å². The summed E-state index contributed by atoms with van der Waals surface area (Å²) in [6.07, 6.45) is -11.2. The number of amides is 1. The second-order valence-electron chi connectivity index (χ2n) is 9.07. The van der Waals surface area contributed by atoms with Gasteiger partial charge in [-0.25, -0.2) is 17.6 Å². The molecular weight excluding hydrogens is 593 g/mol. The van der Waals surface area contributed by atoms with Gasteiger partial charge in [-0.3, -0.25) is 14.4 Å². The van der Waals surface area contributed by atoms with E-state index in [0.29, 0.717) is 36.4 Å². The maximum atomic E-state index is 15.1. The van der Waals surface area contributed by atoms with Crippen LogP contribution in [0.25, 0.3) is 0 Å². The maximum absolute atomic E-state index is 15.1. The van der Waals surface area contributed by atoms with Crippen LogP contribution in [0, 0.1) is 5.82 Å². The maximum Gasteiger partial charge on any atom is 0.427 e. The number of nitrogens with one attached hydrogen (secondary N) is 1. The summed E-state index contributed by atoms with van der Waals surface area (Å²) in [5.41, 5.74) is -5.45. The van der Waals surface area contributed by atoms with Crippen molar-refractivity contribution in [2.45, 2.75) is 49.2 Å². The van der Waals surface area contributed by atoms with Gasteiger partial charge in [-0.2, -0.15) is 26.3 Å². The molecule has 1 unspecified atom stereocenters. The first kappa shape index (κ1) is 31.5. The molecule has 3 rings (SSSR count). The fraction of sp³-hybridized carbons (Fsp3) is 0.333. The average molecular weight is 614 g/mol. The second-order valence-corrected chi connectivity index (χ2v) is 10.9. The Balaban J connectivity index is 2.08. The van der Waals surface area contributed by atoms with Crippen LogP contribution in [0.4, 0.5) is 46.9 Å². The number of carboxylic acids is 1. The van der Waals surface area contributed by atoms with Crippen molar-refractivity contribution in [2.24, 2.45) is 0 Å². The van der Waals surface area contributed by atoms with E-state index in [9.17, 15) is 44.3 Å². The van der Waals surface area contributed by atoms with Gasteiger partial charge in [-0.1, -0.05) is 12.1 Å². The van der Waals surface area contributed by atoms with E-state index in [0.717, 1.165) is 30.4 Å². The summed E-state index contributed by atoms with van der Waals surface area (Å²) in [6.45, 7) is 0.417. The summed E-state index contributed by atoms with van der Waals surface area (Å²) in [5.74, 6) is -3.31. The summed E-state index contributed by atoms with van der Waals surface area (Å²) in [4.78, 5) is 22.1. The Bertz CT molecular complexity index is 1470. The number of aliphatic carboxylic acids is 1. The molecular formula is C24H21F7N2O7S. The molecule has 1 aliphatic heterocycles. The molecule has 1 atom stereocenters. The van der Waals surface area contributed by atoms with Gasteiger partial charge in [-0.15, -0.1) is 0 Å². The number of carboxylic acid groups (broad SMARTS) is 1. The lowest BCUT2D eigenvalue weighted by Gasteiger charge is -2.35. The predicted molar refractivity (Wildman–Crippen MR) is 128 cm³/mol. The minimum absolute atomic E-state index is 0.342. The molecule has 0 aromatic heterocycles. The number of anilines is 2. The van der Waals surface area contributed by atoms with Crippen molar-refractivity contribution in [2.75, 3.05) is 16.2 Å². The summed E-state index contributed by atoms with van der Waals surface area (Å²) in [7, 11) is -4.90. The van der Waals surface area contributed by atoms with Crippen molar-refractivity contribution < 1.29 is 63.3 Å². The van der Waals surface area contributed by atoms with Crippen molar-refractivity contribution in [3.8, 4) is 5.75 Å². The largest absolute Gasteiger partial charge is 0.481 e. The van der Waals surface area contributed by atoms with Crippen molar-refractivity contribution in [1.29, 1.82) is 0 Å². The van der Waals surface area contributed by atoms with Crippen molar-refractivity contribution in [3.63, 3.8) is 0 Å². The van der Waals surface area contributed by atoms with E-state index in [2.05, 4.69) is 4.74 Å². The number of sulfonamides is 1. The molecule has 0 bridgehead atoms. The van der Waals surface area contributed by atoms with Gasteiger partial charge in [0.1, 0.15) is 6.10 Å². The highest BCUT2D eigenvalue weighted by atomic mass is 32.2. The highest BCUT2D eigenvalue weighted by Gasteiger charge is 2.51. The monoisotopic (exact) mass is 614 g/mol. The Morgan fingerprint density at radius 2 is 1.80 bits per heavy atom. The van der Waals surface area contributed by atoms with Gasteiger partial charge in [0.25, 0.3) is 10.0 Å². The molecule has 1 heterocycles. The van der Waals surface area contributed by atoms with E-state index >= 15 is 4.39 Å². The van der Waals surface area contributed by atoms with Crippen LogP contribution in [0.1, 0.15) is 25.8 Å². The van der Waals surface area contributed by atoms with Gasteiger partial charge >= 0.3 is 24.4 Å². The van der Waals surface area contributed by atoms with Crippen LogP contribution in [0.2, 0.25) is 0 Å². The molecule has 0 saturated heterocycles. The van der Waals surface area contributed by atoms with Gasteiger partial charge in [0.05, 0.1) is 29.1 Å². The van der Waals surface area contributed by atoms with Crippen LogP contribution < -0.4 is 14.4 Å². The van der Waals surface area contributed by atoms with Crippen LogP contribution in [-0.4, -0.2) is 50.0 Å². The Kier molecular flexibility index (Phi) is 8.53. The smallest absolute Gasteiger partial charge is 0.427 e. The minimum Gasteiger partial charge on any atom is -0.481 e. The SMILES string of the molecule is CC(C)(OC(=O)Nc1cc(F)c2c(c1)N(S(=O)(=O)c1cccc(C(F)(F)F)c1)CC(/C=C/CC(=O)O)O2)C(F)(F)F. The van der Waals surface area contributed by atoms with Gasteiger partial charge in [0, 0.05) is 11.8 Å². The number of carbonyl (C=O) groups excluding carboxylic acids is 1. The number of hydrogen-bond donors (Lipinski definition) is 2. The third-order valence-corrected chi connectivity index (χ3v) is 7.35. The molecule has 2 N–H and O–H groups in total. The second kappa shape index (κ2) is 11.1. The summed E-state index contributed by atoms with van der Waals surface area (Å²) < 4.78 is 131. The van der Waals surface area contributed by atoms with Gasteiger partial charge in [0.2, 0.25) is 5.60 Å². The lowest BCUT2D eigenvalue weighted by Crippen LogP contribution is -2.44. The number of rotatable bonds is 7. The van der Waals surface area contributed by atoms with Crippen LogP contribution in [0.3, 0.4) is 0 Å². The molecule has 0 aliphatic carbocycles. The lowest BCUT2D eigenvalue weighted by molar-refractivity contribution is -0.242. The Labute approximate surface area is 228 Å². The summed E-state index contributed by atoms with van der Waals surface area (Å²) in [6, 6.07) is 4.04. The fourth-order valence-electron chi connectivity index (χ4n) is 3.44. The number of fused-ring (bicyclic) bond motifs is 1. The molecule has 1 aliphatic rings. The molecule has 1 amide bonds. The Morgan fingerprint density at radius 3 is 2.39 bits per heavy atom. The third kappa shape index (κ3) is 7.20. The van der Waals surface area contributed by atoms with E-state index in [1.807, 2.05) is 5.32 Å². The molecule has 0 radical (unpaired) electrons. The number of alkyl halides is 6. The van der Waals surface area contributed by atoms with Crippen LogP contribution in [0.15, 0.2) is 53.4 Å². The average Bonchev–Trinajstić information content (AvgIpc) is 2.82. The number of ether oxygens (including phenoxy) is 2. The fourth-order valence-corrected chi connectivity index (χ4v) is 4.96. The zero-order valence-electron chi connectivity index (χ0n) is 21.0. The number of benzene rings is 2. The Hall–Kier alpha value is -4.02. The molecule has 0 spiro atoms. The first-order chi connectivity index (χ1) is 18.7. The van der Waals surface area contributed by atoms with Gasteiger partial charge in [-0.05, 0) is 44.2 Å². The van der Waals surface area contributed by atoms with Crippen LogP contribution in [0.5, 0.6) is 5.75 Å². The molecule has 224 valence electrons. The number of carbonyl (C=O) groups is 2. The van der Waals surface area contributed by atoms with E-state index < -0.39 is 92.5 Å². The topological polar surface area (TPSA) is 122 Å². The zero-order chi connectivity index (χ0) is 31.0. The number of hydrogen-bond acceptors (Lipinski definition) is 6. The van der Waals surface area contributed by atoms with Gasteiger partial charge < -0.3 is 14.6 Å². The Morgan fingerprint density at radius 1 is 1.15 bits per heavy atom. The third-order valence-electron chi connectivity index (χ3n) is 5.58. The first-order valence-electron chi connectivity index (χ1n) is 11.4. The van der Waals surface area contributed by atoms with E-state index in [1.165, 1.54) is 0 Å². The van der Waals surface area contributed by atoms with E-state index in [1.54, 1.807) is 0 Å². The van der Waals surface area contributed by atoms with Crippen molar-refractivity contribution in [3.05, 3.63) is 59.9 Å². The highest BCUT2D eigenvalue weighted by Crippen LogP contribution is 2.42. The van der Waals surface area contributed by atoms with E-state index in [4.69, 9.17) is 9.84 Å². The molecule has 0 saturated carbocycles. The molecule has 2 aromatic rings. The van der Waals surface area contributed by atoms with Crippen molar-refractivity contribution >= 4 is 33.5 Å². The quantitative estimate of drug-likeness (QED) is 0.302. The zero-order valence-corrected chi connectivity index (χ0v) is 21.8. The number of halogens is 7. The normalized spacial score (nSPS) is 16.2. The molecule has 9 nitrogen and oxygen atoms in total. The van der Waals surface area contributed by atoms with E-state index in [-0.39, 0.29) is 0 Å². The molecule has 0 fully saturated rings. The number of nitrogens with zero attached hydrogens (tertiary/aromatic N) is 1. The molecule has 41 heavy (non-hydrogen) atoms. The summed E-state index contributed by atoms with van der Waals surface area (Å²) >= 11 is 0.